The van der Waals surface area contributed by atoms with Gasteiger partial charge in [0.25, 0.3) is 15.9 Å². The number of nitrogens with one attached hydrogen (secondary N) is 1. The van der Waals surface area contributed by atoms with Gasteiger partial charge in [-0.2, -0.15) is 5.26 Å². The first-order valence-corrected chi connectivity index (χ1v) is 11.3. The number of furan rings is 1. The minimum absolute atomic E-state index is 0.0103. The zero-order valence-electron chi connectivity index (χ0n) is 17.4. The number of hydrogen-bond donors (Lipinski definition) is 1. The lowest BCUT2D eigenvalue weighted by Crippen LogP contribution is -2.40. The molecule has 9 heteroatoms. The van der Waals surface area contributed by atoms with E-state index in [1.165, 1.54) is 12.1 Å². The van der Waals surface area contributed by atoms with Gasteiger partial charge < -0.3 is 14.2 Å². The van der Waals surface area contributed by atoms with Crippen LogP contribution in [-0.2, 0) is 10.0 Å². The van der Waals surface area contributed by atoms with Crippen molar-refractivity contribution < 1.29 is 17.6 Å². The topological polar surface area (TPSA) is 107 Å². The molecular weight excluding hydrogens is 404 g/mol. The predicted octanol–water partition coefficient (Wildman–Crippen LogP) is 2.58. The number of amides is 1. The number of nitriles is 1. The summed E-state index contributed by atoms with van der Waals surface area (Å²) < 4.78 is 32.7. The Kier molecular flexibility index (Phi) is 6.19. The van der Waals surface area contributed by atoms with Crippen molar-refractivity contribution in [3.05, 3.63) is 47.7 Å². The molecule has 3 rings (SSSR count). The molecule has 0 bridgehead atoms. The summed E-state index contributed by atoms with van der Waals surface area (Å²) in [6, 6.07) is 12.2. The molecule has 0 radical (unpaired) electrons. The maximum atomic E-state index is 12.9. The van der Waals surface area contributed by atoms with Gasteiger partial charge in [0.2, 0.25) is 5.09 Å². The van der Waals surface area contributed by atoms with E-state index in [4.69, 9.17) is 9.68 Å². The van der Waals surface area contributed by atoms with Crippen LogP contribution in [0.4, 0.5) is 5.69 Å². The molecule has 2 aromatic rings. The molecule has 0 aliphatic carbocycles. The lowest BCUT2D eigenvalue weighted by atomic mass is 10.1. The van der Waals surface area contributed by atoms with Gasteiger partial charge in [-0.1, -0.05) is 0 Å². The first-order valence-electron chi connectivity index (χ1n) is 9.77. The van der Waals surface area contributed by atoms with Crippen molar-refractivity contribution in [3.8, 4) is 6.07 Å². The second kappa shape index (κ2) is 8.50. The van der Waals surface area contributed by atoms with Crippen LogP contribution in [0.5, 0.6) is 0 Å². The van der Waals surface area contributed by atoms with Gasteiger partial charge in [0.15, 0.2) is 5.76 Å². The molecule has 0 atom stereocenters. The van der Waals surface area contributed by atoms with Crippen molar-refractivity contribution in [1.82, 2.24) is 9.62 Å². The third-order valence-electron chi connectivity index (χ3n) is 4.64. The van der Waals surface area contributed by atoms with Crippen LogP contribution in [0.3, 0.4) is 0 Å². The number of benzene rings is 1. The fourth-order valence-electron chi connectivity index (χ4n) is 3.31. The van der Waals surface area contributed by atoms with Crippen LogP contribution < -0.4 is 9.62 Å². The molecule has 2 heterocycles. The number of nitrogens with zero attached hydrogens (tertiary/aromatic N) is 3. The molecule has 30 heavy (non-hydrogen) atoms. The van der Waals surface area contributed by atoms with E-state index in [1.807, 2.05) is 12.1 Å². The maximum Gasteiger partial charge on any atom is 0.289 e. The van der Waals surface area contributed by atoms with Crippen LogP contribution in [0.15, 0.2) is 45.9 Å². The molecule has 1 fully saturated rings. The third-order valence-corrected chi connectivity index (χ3v) is 6.27. The number of rotatable bonds is 4. The Hall–Kier alpha value is -2.83. The third kappa shape index (κ3) is 5.20. The molecule has 0 spiro atoms. The Bertz CT molecular complexity index is 1050. The molecular formula is C21H26N4O4S. The number of carbonyl (C=O) groups is 1. The first-order chi connectivity index (χ1) is 14.1. The zero-order chi connectivity index (χ0) is 21.9. The smallest absolute Gasteiger partial charge is 0.289 e. The Morgan fingerprint density at radius 1 is 1.07 bits per heavy atom. The first kappa shape index (κ1) is 21.9. The summed E-state index contributed by atoms with van der Waals surface area (Å²) >= 11 is 0. The van der Waals surface area contributed by atoms with Crippen molar-refractivity contribution in [2.45, 2.75) is 37.8 Å². The molecule has 1 amide bonds. The Labute approximate surface area is 177 Å². The quantitative estimate of drug-likeness (QED) is 0.799. The van der Waals surface area contributed by atoms with E-state index in [2.05, 4.69) is 15.7 Å². The Balaban J connectivity index is 1.68. The highest BCUT2D eigenvalue weighted by Gasteiger charge is 2.28. The number of carbonyl (C=O) groups excluding carboxylic acids is 1. The molecule has 1 aliphatic heterocycles. The van der Waals surface area contributed by atoms with Gasteiger partial charge in [-0.3, -0.25) is 4.79 Å². The second-order valence-electron chi connectivity index (χ2n) is 8.27. The molecule has 0 unspecified atom stereocenters. The fourth-order valence-corrected chi connectivity index (χ4v) is 4.67. The van der Waals surface area contributed by atoms with Crippen molar-refractivity contribution in [2.24, 2.45) is 0 Å². The van der Waals surface area contributed by atoms with Crippen LogP contribution in [-0.4, -0.2) is 50.9 Å². The number of hydrogen-bond acceptors (Lipinski definition) is 6. The van der Waals surface area contributed by atoms with E-state index >= 15 is 0 Å². The van der Waals surface area contributed by atoms with E-state index in [1.54, 1.807) is 37.8 Å². The summed E-state index contributed by atoms with van der Waals surface area (Å²) in [4.78, 5) is 16.7. The van der Waals surface area contributed by atoms with Gasteiger partial charge in [0.1, 0.15) is 0 Å². The predicted molar refractivity (Wildman–Crippen MR) is 113 cm³/mol. The van der Waals surface area contributed by atoms with E-state index in [9.17, 15) is 13.2 Å². The van der Waals surface area contributed by atoms with Gasteiger partial charge in [0, 0.05) is 37.4 Å². The summed E-state index contributed by atoms with van der Waals surface area (Å²) in [5, 5.41) is 8.67. The van der Waals surface area contributed by atoms with Crippen LogP contribution in [0.1, 0.15) is 43.3 Å². The molecule has 1 aromatic heterocycles. The number of sulfonamides is 1. The molecule has 160 valence electrons. The van der Waals surface area contributed by atoms with Crippen LogP contribution in [0, 0.1) is 11.3 Å². The van der Waals surface area contributed by atoms with Gasteiger partial charge >= 0.3 is 0 Å². The van der Waals surface area contributed by atoms with E-state index < -0.39 is 15.6 Å². The zero-order valence-corrected chi connectivity index (χ0v) is 18.2. The van der Waals surface area contributed by atoms with Gasteiger partial charge in [0.05, 0.1) is 11.6 Å². The molecule has 1 N–H and O–H groups in total. The molecule has 8 nitrogen and oxygen atoms in total. The summed E-state index contributed by atoms with van der Waals surface area (Å²) in [6.07, 6.45) is 0.767. The summed E-state index contributed by atoms with van der Waals surface area (Å²) in [5.74, 6) is -0.315. The Morgan fingerprint density at radius 2 is 1.77 bits per heavy atom. The highest BCUT2D eigenvalue weighted by Crippen LogP contribution is 2.20. The summed E-state index contributed by atoms with van der Waals surface area (Å²) in [6.45, 7) is 7.65. The molecule has 1 saturated heterocycles. The highest BCUT2D eigenvalue weighted by molar-refractivity contribution is 7.89. The fraction of sp³-hybridized carbons (Fsp3) is 0.429. The Morgan fingerprint density at radius 3 is 2.40 bits per heavy atom. The molecule has 1 aliphatic rings. The lowest BCUT2D eigenvalue weighted by molar-refractivity contribution is 0.0729. The summed E-state index contributed by atoms with van der Waals surface area (Å²) in [7, 11) is -3.84. The highest BCUT2D eigenvalue weighted by atomic mass is 32.2. The van der Waals surface area contributed by atoms with Gasteiger partial charge in [-0.15, -0.1) is 0 Å². The van der Waals surface area contributed by atoms with Crippen molar-refractivity contribution in [2.75, 3.05) is 31.1 Å². The van der Waals surface area contributed by atoms with E-state index in [0.717, 1.165) is 18.7 Å². The minimum atomic E-state index is -3.84. The molecule has 1 aromatic carbocycles. The van der Waals surface area contributed by atoms with Crippen LogP contribution in [0.25, 0.3) is 0 Å². The SMILES string of the molecule is CC(C)(C)NS(=O)(=O)c1ccc(C(=O)N2CCCN(c3ccc(C#N)cc3)CC2)o1. The van der Waals surface area contributed by atoms with Gasteiger partial charge in [-0.25, -0.2) is 13.1 Å². The van der Waals surface area contributed by atoms with Crippen LogP contribution >= 0.6 is 0 Å². The van der Waals surface area contributed by atoms with E-state index in [0.29, 0.717) is 25.2 Å². The standard InChI is InChI=1S/C21H26N4O4S/c1-21(2,3)23-30(27,28)19-10-9-18(29-19)20(26)25-12-4-11-24(13-14-25)17-7-5-16(15-22)6-8-17/h5-10,23H,4,11-14H2,1-3H3. The van der Waals surface area contributed by atoms with Crippen LogP contribution in [0.2, 0.25) is 0 Å². The van der Waals surface area contributed by atoms with Crippen molar-refractivity contribution >= 4 is 21.6 Å². The number of anilines is 1. The lowest BCUT2D eigenvalue weighted by Gasteiger charge is -2.23. The minimum Gasteiger partial charge on any atom is -0.438 e. The second-order valence-corrected chi connectivity index (χ2v) is 9.88. The average molecular weight is 431 g/mol. The monoisotopic (exact) mass is 430 g/mol. The van der Waals surface area contributed by atoms with Crippen molar-refractivity contribution in [1.29, 1.82) is 5.26 Å². The largest absolute Gasteiger partial charge is 0.438 e. The summed E-state index contributed by atoms with van der Waals surface area (Å²) in [5.41, 5.74) is 0.952. The van der Waals surface area contributed by atoms with Gasteiger partial charge in [-0.05, 0) is 63.6 Å². The average Bonchev–Trinajstić information content (AvgIpc) is 3.06. The molecule has 0 saturated carbocycles. The van der Waals surface area contributed by atoms with Crippen molar-refractivity contribution in [3.63, 3.8) is 0 Å². The maximum absolute atomic E-state index is 12.9. The van der Waals surface area contributed by atoms with E-state index in [-0.39, 0.29) is 16.8 Å². The normalized spacial score (nSPS) is 15.5.